The van der Waals surface area contributed by atoms with Crippen LogP contribution in [-0.2, 0) is 4.79 Å². The minimum absolute atomic E-state index is 0.0681. The molecule has 1 saturated heterocycles. The fourth-order valence-electron chi connectivity index (χ4n) is 2.31. The van der Waals surface area contributed by atoms with Crippen LogP contribution in [0.25, 0.3) is 0 Å². The van der Waals surface area contributed by atoms with Crippen LogP contribution in [0.4, 0.5) is 0 Å². The Hall–Kier alpha value is -1.07. The highest BCUT2D eigenvalue weighted by Crippen LogP contribution is 2.19. The van der Waals surface area contributed by atoms with E-state index >= 15 is 0 Å². The van der Waals surface area contributed by atoms with E-state index in [4.69, 9.17) is 4.74 Å². The van der Waals surface area contributed by atoms with Gasteiger partial charge in [0.1, 0.15) is 5.75 Å². The molecule has 0 bridgehead atoms. The second-order valence-electron chi connectivity index (χ2n) is 4.80. The fraction of sp³-hybridized carbons (Fsp3) is 0.500. The van der Waals surface area contributed by atoms with E-state index in [0.29, 0.717) is 11.7 Å². The zero-order chi connectivity index (χ0) is 13.7. The number of nitrogens with one attached hydrogen (secondary N) is 1. The lowest BCUT2D eigenvalue weighted by Crippen LogP contribution is -2.34. The smallest absolute Gasteiger partial charge is 0.260 e. The maximum atomic E-state index is 12.0. The number of rotatable bonds is 5. The Kier molecular flexibility index (Phi) is 5.22. The number of carbonyl (C=O) groups is 1. The van der Waals surface area contributed by atoms with E-state index in [9.17, 15) is 4.79 Å². The van der Waals surface area contributed by atoms with E-state index in [0.717, 1.165) is 30.5 Å². The van der Waals surface area contributed by atoms with Gasteiger partial charge in [0.15, 0.2) is 6.61 Å². The number of nitrogens with zero attached hydrogens (tertiary/aromatic N) is 1. The minimum Gasteiger partial charge on any atom is -0.484 e. The highest BCUT2D eigenvalue weighted by atomic mass is 79.9. The normalized spacial score (nSPS) is 18.6. The Morgan fingerprint density at radius 1 is 1.58 bits per heavy atom. The lowest BCUT2D eigenvalue weighted by Gasteiger charge is -2.17. The summed E-state index contributed by atoms with van der Waals surface area (Å²) in [5.41, 5.74) is 0. The summed E-state index contributed by atoms with van der Waals surface area (Å²) in [5.74, 6) is 1.35. The van der Waals surface area contributed by atoms with Crippen LogP contribution in [0.2, 0.25) is 0 Å². The molecule has 0 unspecified atom stereocenters. The molecule has 0 aromatic heterocycles. The summed E-state index contributed by atoms with van der Waals surface area (Å²) >= 11 is 3.38. The van der Waals surface area contributed by atoms with Crippen LogP contribution in [0.1, 0.15) is 6.42 Å². The van der Waals surface area contributed by atoms with Crippen molar-refractivity contribution in [2.24, 2.45) is 5.92 Å². The Bertz CT molecular complexity index is 439. The zero-order valence-corrected chi connectivity index (χ0v) is 12.6. The molecule has 0 radical (unpaired) electrons. The molecule has 1 heterocycles. The number of carbonyl (C=O) groups excluding carboxylic acids is 1. The van der Waals surface area contributed by atoms with Gasteiger partial charge in [-0.1, -0.05) is 22.0 Å². The fourth-order valence-corrected chi connectivity index (χ4v) is 2.69. The summed E-state index contributed by atoms with van der Waals surface area (Å²) in [7, 11) is 1.95. The summed E-state index contributed by atoms with van der Waals surface area (Å²) in [4.78, 5) is 13.9. The zero-order valence-electron chi connectivity index (χ0n) is 11.1. The summed E-state index contributed by atoms with van der Waals surface area (Å²) in [5, 5.41) is 3.16. The Balaban J connectivity index is 1.79. The predicted octanol–water partition coefficient (Wildman–Crippen LogP) is 1.90. The first-order chi connectivity index (χ1) is 9.19. The molecule has 1 aliphatic heterocycles. The van der Waals surface area contributed by atoms with Gasteiger partial charge in [-0.05, 0) is 44.1 Å². The highest BCUT2D eigenvalue weighted by Gasteiger charge is 2.25. The molecule has 19 heavy (non-hydrogen) atoms. The van der Waals surface area contributed by atoms with Gasteiger partial charge >= 0.3 is 0 Å². The van der Waals surface area contributed by atoms with Crippen LogP contribution in [0.5, 0.6) is 5.75 Å². The molecular weight excluding hydrogens is 308 g/mol. The summed E-state index contributed by atoms with van der Waals surface area (Å²) in [6, 6.07) is 7.53. The number of hydrogen-bond acceptors (Lipinski definition) is 3. The van der Waals surface area contributed by atoms with Crippen LogP contribution in [0, 0.1) is 5.92 Å². The maximum absolute atomic E-state index is 12.0. The van der Waals surface area contributed by atoms with E-state index in [1.807, 2.05) is 36.2 Å². The molecule has 1 aromatic carbocycles. The largest absolute Gasteiger partial charge is 0.484 e. The molecule has 0 saturated carbocycles. The topological polar surface area (TPSA) is 41.6 Å². The molecule has 1 aromatic rings. The number of halogens is 1. The SMILES string of the molecule is CNC[C@H]1CCN(C(=O)COc2cccc(Br)c2)C1. The number of likely N-dealkylation sites (tertiary alicyclic amines) is 1. The standard InChI is InChI=1S/C14H19BrN2O2/c1-16-8-11-5-6-17(9-11)14(18)10-19-13-4-2-3-12(15)7-13/h2-4,7,11,16H,5-6,8-10H2,1H3/t11-/m1/s1. The van der Waals surface area contributed by atoms with Crippen molar-refractivity contribution in [2.75, 3.05) is 33.3 Å². The van der Waals surface area contributed by atoms with Crippen molar-refractivity contribution in [3.63, 3.8) is 0 Å². The summed E-state index contributed by atoms with van der Waals surface area (Å²) in [6.45, 7) is 2.76. The Morgan fingerprint density at radius 2 is 2.42 bits per heavy atom. The molecular formula is C14H19BrN2O2. The second kappa shape index (κ2) is 6.91. The van der Waals surface area contributed by atoms with E-state index in [-0.39, 0.29) is 12.5 Å². The average Bonchev–Trinajstić information content (AvgIpc) is 2.85. The number of hydrogen-bond donors (Lipinski definition) is 1. The van der Waals surface area contributed by atoms with Crippen LogP contribution >= 0.6 is 15.9 Å². The molecule has 2 rings (SSSR count). The van der Waals surface area contributed by atoms with Gasteiger partial charge in [-0.2, -0.15) is 0 Å². The third kappa shape index (κ3) is 4.21. The highest BCUT2D eigenvalue weighted by molar-refractivity contribution is 9.10. The molecule has 1 atom stereocenters. The minimum atomic E-state index is 0.0681. The lowest BCUT2D eigenvalue weighted by molar-refractivity contribution is -0.132. The lowest BCUT2D eigenvalue weighted by atomic mass is 10.1. The van der Waals surface area contributed by atoms with Gasteiger partial charge < -0.3 is 15.0 Å². The van der Waals surface area contributed by atoms with Gasteiger partial charge in [-0.25, -0.2) is 0 Å². The second-order valence-corrected chi connectivity index (χ2v) is 5.71. The van der Waals surface area contributed by atoms with Crippen molar-refractivity contribution in [2.45, 2.75) is 6.42 Å². The van der Waals surface area contributed by atoms with Crippen molar-refractivity contribution in [1.82, 2.24) is 10.2 Å². The van der Waals surface area contributed by atoms with E-state index in [2.05, 4.69) is 21.2 Å². The Labute approximate surface area is 122 Å². The van der Waals surface area contributed by atoms with Crippen LogP contribution < -0.4 is 10.1 Å². The first-order valence-corrected chi connectivity index (χ1v) is 7.29. The molecule has 4 nitrogen and oxygen atoms in total. The number of ether oxygens (including phenoxy) is 1. The van der Waals surface area contributed by atoms with Crippen molar-refractivity contribution in [1.29, 1.82) is 0 Å². The van der Waals surface area contributed by atoms with E-state index in [1.165, 1.54) is 0 Å². The quantitative estimate of drug-likeness (QED) is 0.898. The van der Waals surface area contributed by atoms with E-state index in [1.54, 1.807) is 0 Å². The van der Waals surface area contributed by atoms with Crippen LogP contribution in [0.15, 0.2) is 28.7 Å². The van der Waals surface area contributed by atoms with Gasteiger partial charge in [-0.15, -0.1) is 0 Å². The third-order valence-electron chi connectivity index (χ3n) is 3.29. The molecule has 0 spiro atoms. The molecule has 1 amide bonds. The summed E-state index contributed by atoms with van der Waals surface area (Å²) in [6.07, 6.45) is 1.07. The van der Waals surface area contributed by atoms with Crippen molar-refractivity contribution in [3.05, 3.63) is 28.7 Å². The monoisotopic (exact) mass is 326 g/mol. The maximum Gasteiger partial charge on any atom is 0.260 e. The van der Waals surface area contributed by atoms with Gasteiger partial charge in [0, 0.05) is 17.6 Å². The van der Waals surface area contributed by atoms with Gasteiger partial charge in [0.25, 0.3) is 5.91 Å². The van der Waals surface area contributed by atoms with Gasteiger partial charge in [0.2, 0.25) is 0 Å². The molecule has 0 aliphatic carbocycles. The van der Waals surface area contributed by atoms with Gasteiger partial charge in [0.05, 0.1) is 0 Å². The van der Waals surface area contributed by atoms with Crippen molar-refractivity contribution >= 4 is 21.8 Å². The van der Waals surface area contributed by atoms with Crippen molar-refractivity contribution in [3.8, 4) is 5.75 Å². The number of amides is 1. The first kappa shape index (κ1) is 14.3. The third-order valence-corrected chi connectivity index (χ3v) is 3.78. The van der Waals surface area contributed by atoms with Crippen LogP contribution in [-0.4, -0.2) is 44.1 Å². The predicted molar refractivity (Wildman–Crippen MR) is 78.3 cm³/mol. The molecule has 104 valence electrons. The number of benzene rings is 1. The molecule has 1 aliphatic rings. The molecule has 1 N–H and O–H groups in total. The van der Waals surface area contributed by atoms with Gasteiger partial charge in [-0.3, -0.25) is 4.79 Å². The molecule has 5 heteroatoms. The average molecular weight is 327 g/mol. The molecule has 1 fully saturated rings. The first-order valence-electron chi connectivity index (χ1n) is 6.50. The van der Waals surface area contributed by atoms with Crippen LogP contribution in [0.3, 0.4) is 0 Å². The van der Waals surface area contributed by atoms with E-state index < -0.39 is 0 Å². The van der Waals surface area contributed by atoms with Crippen molar-refractivity contribution < 1.29 is 9.53 Å². The summed E-state index contributed by atoms with van der Waals surface area (Å²) < 4.78 is 6.47. The Morgan fingerprint density at radius 3 is 3.16 bits per heavy atom.